The van der Waals surface area contributed by atoms with Crippen LogP contribution in [0.5, 0.6) is 0 Å². The molecule has 0 aliphatic heterocycles. The summed E-state index contributed by atoms with van der Waals surface area (Å²) in [5.41, 5.74) is 1.62. The highest BCUT2D eigenvalue weighted by Crippen LogP contribution is 2.19. The van der Waals surface area contributed by atoms with Gasteiger partial charge in [0.15, 0.2) is 4.34 Å². The normalized spacial score (nSPS) is 14.3. The number of hydrogen-bond donors (Lipinski definition) is 1. The Labute approximate surface area is 113 Å². The fraction of sp³-hybridized carbons (Fsp3) is 0.600. The van der Waals surface area contributed by atoms with E-state index in [9.17, 15) is 9.59 Å². The Hall–Kier alpha value is -1.15. The molecular weight excluding hydrogens is 272 g/mol. The first-order chi connectivity index (χ1) is 8.65. The lowest BCUT2D eigenvalue weighted by Crippen LogP contribution is -2.39. The number of amides is 2. The van der Waals surface area contributed by atoms with Crippen LogP contribution >= 0.6 is 23.1 Å². The number of carbonyl (C=O) groups is 2. The zero-order valence-electron chi connectivity index (χ0n) is 9.96. The molecule has 1 saturated carbocycles. The van der Waals surface area contributed by atoms with Gasteiger partial charge < -0.3 is 10.2 Å². The second kappa shape index (κ2) is 6.14. The molecule has 1 aliphatic rings. The van der Waals surface area contributed by atoms with Gasteiger partial charge in [0.25, 0.3) is 0 Å². The zero-order chi connectivity index (χ0) is 13.0. The molecule has 1 N–H and O–H groups in total. The van der Waals surface area contributed by atoms with Gasteiger partial charge in [-0.25, -0.2) is 0 Å². The fourth-order valence-corrected chi connectivity index (χ4v) is 2.69. The van der Waals surface area contributed by atoms with E-state index in [1.807, 2.05) is 0 Å². The van der Waals surface area contributed by atoms with Crippen molar-refractivity contribution in [3.63, 3.8) is 0 Å². The molecule has 0 spiro atoms. The second-order valence-electron chi connectivity index (χ2n) is 4.08. The third-order valence-electron chi connectivity index (χ3n) is 2.41. The van der Waals surface area contributed by atoms with E-state index in [-0.39, 0.29) is 24.1 Å². The maximum atomic E-state index is 11.8. The molecule has 6 nitrogen and oxygen atoms in total. The fourth-order valence-electron chi connectivity index (χ4n) is 1.26. The number of hydrogen-bond acceptors (Lipinski definition) is 6. The van der Waals surface area contributed by atoms with E-state index in [1.165, 1.54) is 28.0 Å². The van der Waals surface area contributed by atoms with Gasteiger partial charge in [0.1, 0.15) is 5.51 Å². The smallest absolute Gasteiger partial charge is 0.239 e. The molecule has 1 heterocycles. The molecule has 98 valence electrons. The molecule has 0 aromatic carbocycles. The molecule has 1 aromatic rings. The molecule has 8 heteroatoms. The zero-order valence-corrected chi connectivity index (χ0v) is 11.6. The number of rotatable bonds is 6. The number of thioether (sulfide) groups is 1. The summed E-state index contributed by atoms with van der Waals surface area (Å²) >= 11 is 2.74. The first-order valence-electron chi connectivity index (χ1n) is 5.57. The lowest BCUT2D eigenvalue weighted by Gasteiger charge is -2.16. The number of aromatic nitrogens is 2. The monoisotopic (exact) mass is 286 g/mol. The number of carbonyl (C=O) groups excluding carboxylic acids is 2. The standard InChI is InChI=1S/C10H14N4O2S2/c1-14(4-8(15)12-7-2-3-7)9(16)5-17-10-13-11-6-18-10/h6-7H,2-5H2,1H3,(H,12,15). The van der Waals surface area contributed by atoms with E-state index >= 15 is 0 Å². The Kier molecular flexibility index (Phi) is 4.54. The molecular formula is C10H14N4O2S2. The minimum absolute atomic E-state index is 0.0823. The van der Waals surface area contributed by atoms with Gasteiger partial charge in [-0.15, -0.1) is 10.2 Å². The lowest BCUT2D eigenvalue weighted by atomic mass is 10.5. The summed E-state index contributed by atoms with van der Waals surface area (Å²) in [6.07, 6.45) is 2.10. The predicted octanol–water partition coefficient (Wildman–Crippen LogP) is 0.367. The van der Waals surface area contributed by atoms with E-state index in [4.69, 9.17) is 0 Å². The van der Waals surface area contributed by atoms with Crippen LogP contribution in [0.25, 0.3) is 0 Å². The number of likely N-dealkylation sites (N-methyl/N-ethyl adjacent to an activating group) is 1. The average molecular weight is 286 g/mol. The molecule has 2 rings (SSSR count). The van der Waals surface area contributed by atoms with Crippen molar-refractivity contribution < 1.29 is 9.59 Å². The quantitative estimate of drug-likeness (QED) is 0.765. The van der Waals surface area contributed by atoms with Crippen LogP contribution in [0.2, 0.25) is 0 Å². The second-order valence-corrected chi connectivity index (χ2v) is 6.14. The minimum atomic E-state index is -0.0886. The van der Waals surface area contributed by atoms with Crippen LogP contribution < -0.4 is 5.32 Å². The van der Waals surface area contributed by atoms with E-state index in [1.54, 1.807) is 12.6 Å². The van der Waals surface area contributed by atoms with Gasteiger partial charge in [0.05, 0.1) is 12.3 Å². The van der Waals surface area contributed by atoms with Gasteiger partial charge in [0, 0.05) is 13.1 Å². The van der Waals surface area contributed by atoms with Crippen LogP contribution in [-0.4, -0.2) is 52.3 Å². The third-order valence-corrected chi connectivity index (χ3v) is 4.25. The maximum absolute atomic E-state index is 11.8. The lowest BCUT2D eigenvalue weighted by molar-refractivity contribution is -0.132. The van der Waals surface area contributed by atoms with E-state index in [0.29, 0.717) is 6.04 Å². The average Bonchev–Trinajstić information content (AvgIpc) is 2.98. The first-order valence-corrected chi connectivity index (χ1v) is 7.44. The number of nitrogens with zero attached hydrogens (tertiary/aromatic N) is 3. The molecule has 0 saturated heterocycles. The van der Waals surface area contributed by atoms with Crippen molar-refractivity contribution in [3.05, 3.63) is 5.51 Å². The molecule has 0 unspecified atom stereocenters. The molecule has 0 atom stereocenters. The topological polar surface area (TPSA) is 75.2 Å². The highest BCUT2D eigenvalue weighted by Gasteiger charge is 2.24. The summed E-state index contributed by atoms with van der Waals surface area (Å²) in [6.45, 7) is 0.117. The van der Waals surface area contributed by atoms with Gasteiger partial charge in [-0.05, 0) is 12.8 Å². The van der Waals surface area contributed by atoms with Gasteiger partial charge in [-0.3, -0.25) is 9.59 Å². The summed E-state index contributed by atoms with van der Waals surface area (Å²) in [7, 11) is 1.63. The predicted molar refractivity (Wildman–Crippen MR) is 69.4 cm³/mol. The van der Waals surface area contributed by atoms with E-state index in [2.05, 4.69) is 15.5 Å². The Morgan fingerprint density at radius 3 is 3.00 bits per heavy atom. The van der Waals surface area contributed by atoms with Crippen molar-refractivity contribution in [2.75, 3.05) is 19.3 Å². The van der Waals surface area contributed by atoms with Crippen LogP contribution in [0.15, 0.2) is 9.85 Å². The van der Waals surface area contributed by atoms with Crippen LogP contribution in [0.3, 0.4) is 0 Å². The Morgan fingerprint density at radius 2 is 2.39 bits per heavy atom. The Balaban J connectivity index is 1.68. The molecule has 1 aromatic heterocycles. The Morgan fingerprint density at radius 1 is 1.61 bits per heavy atom. The summed E-state index contributed by atoms with van der Waals surface area (Å²) in [6, 6.07) is 0.330. The number of nitrogens with one attached hydrogen (secondary N) is 1. The van der Waals surface area contributed by atoms with Crippen molar-refractivity contribution in [2.24, 2.45) is 0 Å². The third kappa shape index (κ3) is 4.26. The molecule has 0 bridgehead atoms. The van der Waals surface area contributed by atoms with Gasteiger partial charge in [-0.2, -0.15) is 0 Å². The first kappa shape index (κ1) is 13.3. The summed E-state index contributed by atoms with van der Waals surface area (Å²) in [4.78, 5) is 24.7. The van der Waals surface area contributed by atoms with Crippen LogP contribution in [0, 0.1) is 0 Å². The Bertz CT molecular complexity index is 420. The van der Waals surface area contributed by atoms with Crippen molar-refractivity contribution in [1.82, 2.24) is 20.4 Å². The molecule has 0 radical (unpaired) electrons. The molecule has 2 amide bonds. The van der Waals surface area contributed by atoms with Crippen molar-refractivity contribution in [1.29, 1.82) is 0 Å². The van der Waals surface area contributed by atoms with Crippen molar-refractivity contribution in [3.8, 4) is 0 Å². The highest BCUT2D eigenvalue weighted by molar-refractivity contribution is 8.01. The minimum Gasteiger partial charge on any atom is -0.352 e. The van der Waals surface area contributed by atoms with Crippen molar-refractivity contribution in [2.45, 2.75) is 23.2 Å². The van der Waals surface area contributed by atoms with Gasteiger partial charge in [0.2, 0.25) is 11.8 Å². The largest absolute Gasteiger partial charge is 0.352 e. The highest BCUT2D eigenvalue weighted by atomic mass is 32.2. The maximum Gasteiger partial charge on any atom is 0.239 e. The van der Waals surface area contributed by atoms with E-state index in [0.717, 1.165) is 17.2 Å². The summed E-state index contributed by atoms with van der Waals surface area (Å²) < 4.78 is 0.763. The molecule has 1 aliphatic carbocycles. The van der Waals surface area contributed by atoms with Crippen LogP contribution in [-0.2, 0) is 9.59 Å². The van der Waals surface area contributed by atoms with Gasteiger partial charge in [-0.1, -0.05) is 23.1 Å². The molecule has 1 fully saturated rings. The summed E-state index contributed by atoms with van der Waals surface area (Å²) in [5, 5.41) is 10.4. The SMILES string of the molecule is CN(CC(=O)NC1CC1)C(=O)CSc1nncs1. The van der Waals surface area contributed by atoms with Gasteiger partial charge >= 0.3 is 0 Å². The van der Waals surface area contributed by atoms with Crippen LogP contribution in [0.4, 0.5) is 0 Å². The van der Waals surface area contributed by atoms with Crippen LogP contribution in [0.1, 0.15) is 12.8 Å². The molecule has 18 heavy (non-hydrogen) atoms. The van der Waals surface area contributed by atoms with Crippen molar-refractivity contribution >= 4 is 34.9 Å². The summed E-state index contributed by atoms with van der Waals surface area (Å²) in [5.74, 6) is 0.109. The van der Waals surface area contributed by atoms with E-state index < -0.39 is 0 Å².